The Hall–Kier alpha value is 0.01000. The van der Waals surface area contributed by atoms with Crippen molar-refractivity contribution >= 4 is 23.1 Å². The molecule has 1 aliphatic carbocycles. The molecule has 0 aliphatic heterocycles. The average Bonchev–Trinajstić information content (AvgIpc) is 2.96. The van der Waals surface area contributed by atoms with Gasteiger partial charge in [0.25, 0.3) is 0 Å². The topological polar surface area (TPSA) is 12.0 Å². The van der Waals surface area contributed by atoms with Gasteiger partial charge in [0.05, 0.1) is 0 Å². The van der Waals surface area contributed by atoms with Crippen molar-refractivity contribution in [2.75, 3.05) is 18.1 Å². The van der Waals surface area contributed by atoms with Crippen LogP contribution >= 0.6 is 23.1 Å². The van der Waals surface area contributed by atoms with Crippen molar-refractivity contribution < 1.29 is 0 Å². The highest BCUT2D eigenvalue weighted by atomic mass is 32.2. The van der Waals surface area contributed by atoms with E-state index in [9.17, 15) is 0 Å². The molecule has 1 aliphatic rings. The van der Waals surface area contributed by atoms with Crippen LogP contribution in [0.2, 0.25) is 0 Å². The average molecular weight is 255 g/mol. The third-order valence-electron chi connectivity index (χ3n) is 3.13. The van der Waals surface area contributed by atoms with Gasteiger partial charge in [0.1, 0.15) is 0 Å². The SMILES string of the molecule is c1csc(CNCCSCC2CCCC2)c1. The minimum atomic E-state index is 1.03. The normalized spacial score (nSPS) is 17.0. The summed E-state index contributed by atoms with van der Waals surface area (Å²) in [5.41, 5.74) is 0. The molecule has 0 saturated heterocycles. The van der Waals surface area contributed by atoms with Gasteiger partial charge < -0.3 is 5.32 Å². The summed E-state index contributed by atoms with van der Waals surface area (Å²) in [6.07, 6.45) is 5.91. The van der Waals surface area contributed by atoms with Crippen LogP contribution in [0.25, 0.3) is 0 Å². The Labute approximate surface area is 107 Å². The molecule has 2 rings (SSSR count). The predicted octanol–water partition coefficient (Wildman–Crippen LogP) is 3.76. The molecule has 0 bridgehead atoms. The van der Waals surface area contributed by atoms with E-state index in [1.807, 2.05) is 11.3 Å². The Balaban J connectivity index is 1.43. The van der Waals surface area contributed by atoms with Gasteiger partial charge >= 0.3 is 0 Å². The standard InChI is InChI=1S/C13H21NS2/c1-2-5-12(4-1)11-15-9-7-14-10-13-6-3-8-16-13/h3,6,8,12,14H,1-2,4-5,7,9-11H2. The Bertz CT molecular complexity index is 265. The number of rotatable bonds is 7. The molecule has 1 aromatic heterocycles. The highest BCUT2D eigenvalue weighted by Gasteiger charge is 2.13. The molecule has 1 nitrogen and oxygen atoms in total. The van der Waals surface area contributed by atoms with Crippen LogP contribution in [-0.4, -0.2) is 18.1 Å². The van der Waals surface area contributed by atoms with Crippen LogP contribution in [0, 0.1) is 5.92 Å². The summed E-state index contributed by atoms with van der Waals surface area (Å²) in [6.45, 7) is 2.19. The van der Waals surface area contributed by atoms with Crippen LogP contribution in [0.3, 0.4) is 0 Å². The van der Waals surface area contributed by atoms with Crippen molar-refractivity contribution in [1.29, 1.82) is 0 Å². The lowest BCUT2D eigenvalue weighted by molar-refractivity contribution is 0.622. The molecule has 1 fully saturated rings. The molecular weight excluding hydrogens is 234 g/mol. The smallest absolute Gasteiger partial charge is 0.0300 e. The van der Waals surface area contributed by atoms with Crippen LogP contribution in [0.15, 0.2) is 17.5 Å². The second-order valence-electron chi connectivity index (χ2n) is 4.48. The number of thioether (sulfide) groups is 1. The van der Waals surface area contributed by atoms with Gasteiger partial charge in [-0.3, -0.25) is 0 Å². The maximum Gasteiger partial charge on any atom is 0.0300 e. The van der Waals surface area contributed by atoms with E-state index in [-0.39, 0.29) is 0 Å². The molecule has 1 saturated carbocycles. The first-order valence-corrected chi connectivity index (χ1v) is 8.29. The van der Waals surface area contributed by atoms with E-state index < -0.39 is 0 Å². The molecule has 0 aromatic carbocycles. The second kappa shape index (κ2) is 7.36. The maximum atomic E-state index is 3.50. The molecule has 0 unspecified atom stereocenters. The molecule has 0 atom stereocenters. The summed E-state index contributed by atoms with van der Waals surface area (Å²) >= 11 is 3.97. The summed E-state index contributed by atoms with van der Waals surface area (Å²) in [6, 6.07) is 4.32. The molecule has 0 spiro atoms. The van der Waals surface area contributed by atoms with Crippen LogP contribution in [0.1, 0.15) is 30.6 Å². The lowest BCUT2D eigenvalue weighted by Crippen LogP contribution is -2.16. The van der Waals surface area contributed by atoms with Crippen molar-refractivity contribution in [3.63, 3.8) is 0 Å². The van der Waals surface area contributed by atoms with Gasteiger partial charge in [0.2, 0.25) is 0 Å². The van der Waals surface area contributed by atoms with Crippen LogP contribution in [0.5, 0.6) is 0 Å². The van der Waals surface area contributed by atoms with Crippen LogP contribution in [-0.2, 0) is 6.54 Å². The monoisotopic (exact) mass is 255 g/mol. The fraction of sp³-hybridized carbons (Fsp3) is 0.692. The molecule has 0 amide bonds. The molecule has 3 heteroatoms. The van der Waals surface area contributed by atoms with Gasteiger partial charge in [-0.1, -0.05) is 18.9 Å². The number of hydrogen-bond acceptors (Lipinski definition) is 3. The summed E-state index contributed by atoms with van der Waals surface area (Å²) < 4.78 is 0. The van der Waals surface area contributed by atoms with Crippen LogP contribution < -0.4 is 5.32 Å². The largest absolute Gasteiger partial charge is 0.311 e. The van der Waals surface area contributed by atoms with Crippen molar-refractivity contribution in [1.82, 2.24) is 5.32 Å². The lowest BCUT2D eigenvalue weighted by atomic mass is 10.1. The maximum absolute atomic E-state index is 3.50. The quantitative estimate of drug-likeness (QED) is 0.745. The Morgan fingerprint density at radius 3 is 3.00 bits per heavy atom. The molecule has 1 N–H and O–H groups in total. The van der Waals surface area contributed by atoms with Crippen molar-refractivity contribution in [3.05, 3.63) is 22.4 Å². The third kappa shape index (κ3) is 4.48. The molecule has 16 heavy (non-hydrogen) atoms. The highest BCUT2D eigenvalue weighted by Crippen LogP contribution is 2.27. The molecular formula is C13H21NS2. The minimum Gasteiger partial charge on any atom is -0.311 e. The van der Waals surface area contributed by atoms with Gasteiger partial charge in [0, 0.05) is 23.7 Å². The van der Waals surface area contributed by atoms with E-state index in [4.69, 9.17) is 0 Å². The van der Waals surface area contributed by atoms with Crippen LogP contribution in [0.4, 0.5) is 0 Å². The first-order chi connectivity index (χ1) is 7.95. The minimum absolute atomic E-state index is 1.03. The molecule has 90 valence electrons. The summed E-state index contributed by atoms with van der Waals surface area (Å²) in [4.78, 5) is 1.45. The highest BCUT2D eigenvalue weighted by molar-refractivity contribution is 7.99. The first-order valence-electron chi connectivity index (χ1n) is 6.26. The van der Waals surface area contributed by atoms with Crippen molar-refractivity contribution in [3.8, 4) is 0 Å². The van der Waals surface area contributed by atoms with Gasteiger partial charge in [-0.05, 0) is 36.0 Å². The zero-order valence-corrected chi connectivity index (χ0v) is 11.4. The van der Waals surface area contributed by atoms with Crippen molar-refractivity contribution in [2.24, 2.45) is 5.92 Å². The third-order valence-corrected chi connectivity index (χ3v) is 5.21. The summed E-state index contributed by atoms with van der Waals surface area (Å²) in [5.74, 6) is 3.69. The molecule has 0 radical (unpaired) electrons. The van der Waals surface area contributed by atoms with E-state index in [2.05, 4.69) is 34.6 Å². The Morgan fingerprint density at radius 1 is 1.38 bits per heavy atom. The van der Waals surface area contributed by atoms with Gasteiger partial charge in [-0.2, -0.15) is 11.8 Å². The van der Waals surface area contributed by atoms with Crippen molar-refractivity contribution in [2.45, 2.75) is 32.2 Å². The number of nitrogens with one attached hydrogen (secondary N) is 1. The molecule has 1 heterocycles. The molecule has 1 aromatic rings. The van der Waals surface area contributed by atoms with Gasteiger partial charge in [-0.25, -0.2) is 0 Å². The summed E-state index contributed by atoms with van der Waals surface area (Å²) in [7, 11) is 0. The zero-order valence-electron chi connectivity index (χ0n) is 9.78. The Kier molecular flexibility index (Phi) is 5.73. The fourth-order valence-electron chi connectivity index (χ4n) is 2.20. The van der Waals surface area contributed by atoms with E-state index in [0.717, 1.165) is 19.0 Å². The number of hydrogen-bond donors (Lipinski definition) is 1. The number of thiophene rings is 1. The zero-order chi connectivity index (χ0) is 11.1. The van der Waals surface area contributed by atoms with E-state index >= 15 is 0 Å². The first kappa shape index (κ1) is 12.5. The summed E-state index contributed by atoms with van der Waals surface area (Å²) in [5, 5.41) is 5.65. The van der Waals surface area contributed by atoms with E-state index in [1.54, 1.807) is 0 Å². The fourth-order valence-corrected chi connectivity index (χ4v) is 3.99. The second-order valence-corrected chi connectivity index (χ2v) is 6.66. The van der Waals surface area contributed by atoms with Gasteiger partial charge in [-0.15, -0.1) is 11.3 Å². The van der Waals surface area contributed by atoms with Gasteiger partial charge in [0.15, 0.2) is 0 Å². The van der Waals surface area contributed by atoms with E-state index in [1.165, 1.54) is 42.1 Å². The predicted molar refractivity (Wildman–Crippen MR) is 75.3 cm³/mol. The Morgan fingerprint density at radius 2 is 2.25 bits per heavy atom. The lowest BCUT2D eigenvalue weighted by Gasteiger charge is -2.08. The van der Waals surface area contributed by atoms with E-state index in [0.29, 0.717) is 0 Å².